The highest BCUT2D eigenvalue weighted by atomic mass is 32.2. The Hall–Kier alpha value is -2.61. The van der Waals surface area contributed by atoms with Crippen LogP contribution in [-0.2, 0) is 16.1 Å². The molecular formula is C20H20F2N2O3S. The van der Waals surface area contributed by atoms with Crippen LogP contribution in [-0.4, -0.2) is 31.2 Å². The van der Waals surface area contributed by atoms with Gasteiger partial charge in [-0.3, -0.25) is 9.59 Å². The van der Waals surface area contributed by atoms with Gasteiger partial charge in [-0.1, -0.05) is 18.2 Å². The minimum atomic E-state index is -2.93. The number of hydrogen-bond donors (Lipinski definition) is 1. The molecule has 28 heavy (non-hydrogen) atoms. The zero-order valence-electron chi connectivity index (χ0n) is 15.2. The summed E-state index contributed by atoms with van der Waals surface area (Å²) in [7, 11) is 0. The number of carbonyl (C=O) groups excluding carboxylic acids is 2. The van der Waals surface area contributed by atoms with Crippen molar-refractivity contribution in [1.82, 2.24) is 5.32 Å². The number of rotatable bonds is 7. The van der Waals surface area contributed by atoms with Crippen LogP contribution in [0, 0.1) is 5.92 Å². The second-order valence-electron chi connectivity index (χ2n) is 6.31. The first-order chi connectivity index (χ1) is 13.5. The molecule has 148 valence electrons. The average Bonchev–Trinajstić information content (AvgIpc) is 3.08. The molecule has 1 aliphatic rings. The summed E-state index contributed by atoms with van der Waals surface area (Å²) >= 11 is 1.61. The van der Waals surface area contributed by atoms with Gasteiger partial charge in [0.2, 0.25) is 11.8 Å². The molecule has 2 aromatic rings. The number of alkyl halides is 2. The van der Waals surface area contributed by atoms with Crippen molar-refractivity contribution in [2.75, 3.05) is 17.7 Å². The normalized spacial score (nSPS) is 16.5. The number of para-hydroxylation sites is 1. The molecule has 2 aromatic carbocycles. The molecular weight excluding hydrogens is 386 g/mol. The van der Waals surface area contributed by atoms with E-state index in [2.05, 4.69) is 10.1 Å². The van der Waals surface area contributed by atoms with Crippen LogP contribution in [0.2, 0.25) is 0 Å². The lowest BCUT2D eigenvalue weighted by Crippen LogP contribution is -2.32. The molecule has 0 saturated carbocycles. The molecule has 1 saturated heterocycles. The lowest BCUT2D eigenvalue weighted by molar-refractivity contribution is -0.126. The number of nitrogens with one attached hydrogen (secondary N) is 1. The van der Waals surface area contributed by atoms with E-state index >= 15 is 0 Å². The van der Waals surface area contributed by atoms with Gasteiger partial charge in [0, 0.05) is 35.7 Å². The van der Waals surface area contributed by atoms with Gasteiger partial charge in [-0.2, -0.15) is 8.78 Å². The first-order valence-corrected chi connectivity index (χ1v) is 9.95. The van der Waals surface area contributed by atoms with Crippen molar-refractivity contribution < 1.29 is 23.1 Å². The number of ether oxygens (including phenoxy) is 1. The summed E-state index contributed by atoms with van der Waals surface area (Å²) in [5, 5.41) is 2.72. The number of amides is 2. The molecule has 0 bridgehead atoms. The molecule has 0 aliphatic carbocycles. The molecule has 5 nitrogen and oxygen atoms in total. The van der Waals surface area contributed by atoms with E-state index in [1.165, 1.54) is 6.07 Å². The molecule has 3 rings (SSSR count). The van der Waals surface area contributed by atoms with Gasteiger partial charge in [0.25, 0.3) is 0 Å². The maximum atomic E-state index is 12.5. The number of nitrogens with zero attached hydrogens (tertiary/aromatic N) is 1. The van der Waals surface area contributed by atoms with Crippen LogP contribution < -0.4 is 15.0 Å². The Morgan fingerprint density at radius 3 is 2.64 bits per heavy atom. The third-order valence-electron chi connectivity index (χ3n) is 4.52. The molecule has 1 heterocycles. The van der Waals surface area contributed by atoms with E-state index in [1.807, 2.05) is 30.5 Å². The van der Waals surface area contributed by atoms with E-state index in [0.717, 1.165) is 10.6 Å². The van der Waals surface area contributed by atoms with E-state index in [-0.39, 0.29) is 30.5 Å². The quantitative estimate of drug-likeness (QED) is 0.713. The van der Waals surface area contributed by atoms with Gasteiger partial charge in [0.15, 0.2) is 0 Å². The number of anilines is 1. The van der Waals surface area contributed by atoms with Gasteiger partial charge >= 0.3 is 6.61 Å². The Morgan fingerprint density at radius 1 is 1.25 bits per heavy atom. The minimum Gasteiger partial charge on any atom is -0.434 e. The summed E-state index contributed by atoms with van der Waals surface area (Å²) in [5.74, 6) is -0.867. The number of benzene rings is 2. The van der Waals surface area contributed by atoms with Crippen LogP contribution in [0.5, 0.6) is 5.75 Å². The summed E-state index contributed by atoms with van der Waals surface area (Å²) in [6.45, 7) is -2.59. The lowest BCUT2D eigenvalue weighted by Gasteiger charge is -2.17. The van der Waals surface area contributed by atoms with Crippen molar-refractivity contribution in [1.29, 1.82) is 0 Å². The summed E-state index contributed by atoms with van der Waals surface area (Å²) < 4.78 is 29.4. The maximum Gasteiger partial charge on any atom is 0.387 e. The Balaban J connectivity index is 1.60. The van der Waals surface area contributed by atoms with Crippen LogP contribution >= 0.6 is 11.8 Å². The number of carbonyl (C=O) groups is 2. The van der Waals surface area contributed by atoms with E-state index in [4.69, 9.17) is 0 Å². The molecule has 1 unspecified atom stereocenters. The summed E-state index contributed by atoms with van der Waals surface area (Å²) in [5.41, 5.74) is 1.21. The lowest BCUT2D eigenvalue weighted by atomic mass is 10.1. The Labute approximate surface area is 166 Å². The summed E-state index contributed by atoms with van der Waals surface area (Å²) in [4.78, 5) is 27.5. The molecule has 1 aliphatic heterocycles. The van der Waals surface area contributed by atoms with Crippen LogP contribution in [0.4, 0.5) is 14.5 Å². The number of halogens is 2. The molecule has 8 heteroatoms. The van der Waals surface area contributed by atoms with Gasteiger partial charge in [0.05, 0.1) is 5.92 Å². The molecule has 2 amide bonds. The fraction of sp³-hybridized carbons (Fsp3) is 0.300. The van der Waals surface area contributed by atoms with Crippen molar-refractivity contribution in [3.05, 3.63) is 54.1 Å². The van der Waals surface area contributed by atoms with Crippen LogP contribution in [0.1, 0.15) is 12.0 Å². The van der Waals surface area contributed by atoms with E-state index in [0.29, 0.717) is 12.1 Å². The average molecular weight is 406 g/mol. The van der Waals surface area contributed by atoms with Gasteiger partial charge in [-0.15, -0.1) is 11.8 Å². The zero-order valence-corrected chi connectivity index (χ0v) is 16.0. The summed E-state index contributed by atoms with van der Waals surface area (Å²) in [6.07, 6.45) is 2.09. The van der Waals surface area contributed by atoms with Crippen LogP contribution in [0.3, 0.4) is 0 Å². The second kappa shape index (κ2) is 9.05. The maximum absolute atomic E-state index is 12.5. The first kappa shape index (κ1) is 20.1. The Kier molecular flexibility index (Phi) is 6.51. The van der Waals surface area contributed by atoms with Gasteiger partial charge < -0.3 is 15.0 Å². The fourth-order valence-electron chi connectivity index (χ4n) is 3.08. The molecule has 1 atom stereocenters. The number of hydrogen-bond acceptors (Lipinski definition) is 4. The first-order valence-electron chi connectivity index (χ1n) is 8.72. The summed E-state index contributed by atoms with van der Waals surface area (Å²) in [6, 6.07) is 13.9. The van der Waals surface area contributed by atoms with Crippen molar-refractivity contribution in [2.45, 2.75) is 24.5 Å². The predicted molar refractivity (Wildman–Crippen MR) is 104 cm³/mol. The highest BCUT2D eigenvalue weighted by Gasteiger charge is 2.35. The van der Waals surface area contributed by atoms with Crippen LogP contribution in [0.25, 0.3) is 0 Å². The molecule has 1 N–H and O–H groups in total. The van der Waals surface area contributed by atoms with Gasteiger partial charge in [-0.25, -0.2) is 0 Å². The molecule has 1 fully saturated rings. The fourth-order valence-corrected chi connectivity index (χ4v) is 3.49. The molecule has 0 aromatic heterocycles. The number of thioether (sulfide) groups is 1. The third-order valence-corrected chi connectivity index (χ3v) is 5.27. The highest BCUT2D eigenvalue weighted by molar-refractivity contribution is 7.98. The second-order valence-corrected chi connectivity index (χ2v) is 7.19. The predicted octanol–water partition coefficient (Wildman–Crippen LogP) is 3.68. The monoisotopic (exact) mass is 406 g/mol. The van der Waals surface area contributed by atoms with E-state index in [1.54, 1.807) is 34.9 Å². The minimum absolute atomic E-state index is 0.0239. The standard InChI is InChI=1S/C20H20F2N2O3S/c1-28-16-8-6-15(7-9-16)24-12-14(10-18(24)25)19(26)23-11-13-4-2-3-5-17(13)27-20(21)22/h2-9,14,20H,10-12H2,1H3,(H,23,26). The van der Waals surface area contributed by atoms with Crippen molar-refractivity contribution in [3.63, 3.8) is 0 Å². The third kappa shape index (κ3) is 4.81. The SMILES string of the molecule is CSc1ccc(N2CC(C(=O)NCc3ccccc3OC(F)F)CC2=O)cc1. The van der Waals surface area contributed by atoms with Gasteiger partial charge in [0.1, 0.15) is 5.75 Å². The van der Waals surface area contributed by atoms with Crippen molar-refractivity contribution >= 4 is 29.3 Å². The van der Waals surface area contributed by atoms with Crippen LogP contribution in [0.15, 0.2) is 53.4 Å². The smallest absolute Gasteiger partial charge is 0.387 e. The van der Waals surface area contributed by atoms with Gasteiger partial charge in [-0.05, 0) is 36.6 Å². The Bertz CT molecular complexity index is 846. The molecule has 0 spiro atoms. The topological polar surface area (TPSA) is 58.6 Å². The van der Waals surface area contributed by atoms with E-state index in [9.17, 15) is 18.4 Å². The van der Waals surface area contributed by atoms with E-state index < -0.39 is 12.5 Å². The zero-order chi connectivity index (χ0) is 20.1. The highest BCUT2D eigenvalue weighted by Crippen LogP contribution is 2.27. The van der Waals surface area contributed by atoms with Crippen molar-refractivity contribution in [2.24, 2.45) is 5.92 Å². The molecule has 0 radical (unpaired) electrons. The Morgan fingerprint density at radius 2 is 1.96 bits per heavy atom. The largest absolute Gasteiger partial charge is 0.434 e. The van der Waals surface area contributed by atoms with Crippen molar-refractivity contribution in [3.8, 4) is 5.75 Å².